The summed E-state index contributed by atoms with van der Waals surface area (Å²) in [6.07, 6.45) is 1.60. The number of aromatic hydroxyl groups is 1. The predicted octanol–water partition coefficient (Wildman–Crippen LogP) is 2.05. The lowest BCUT2D eigenvalue weighted by Crippen LogP contribution is -2.05. The van der Waals surface area contributed by atoms with Gasteiger partial charge in [0.1, 0.15) is 23.7 Å². The SMILES string of the molecule is C=CCOc1cc(C)c(C(=O)OC)c(O)c1. The van der Waals surface area contributed by atoms with E-state index in [0.29, 0.717) is 17.9 Å². The fourth-order valence-corrected chi connectivity index (χ4v) is 1.34. The summed E-state index contributed by atoms with van der Waals surface area (Å²) in [5, 5.41) is 9.67. The maximum atomic E-state index is 11.3. The number of phenols is 1. The number of methoxy groups -OCH3 is 1. The Morgan fingerprint density at radius 3 is 2.75 bits per heavy atom. The molecule has 4 heteroatoms. The number of phenolic OH excluding ortho intramolecular Hbond substituents is 1. The number of hydrogen-bond acceptors (Lipinski definition) is 4. The second-order valence-electron chi connectivity index (χ2n) is 3.23. The lowest BCUT2D eigenvalue weighted by molar-refractivity contribution is 0.0596. The van der Waals surface area contributed by atoms with E-state index in [9.17, 15) is 9.90 Å². The fourth-order valence-electron chi connectivity index (χ4n) is 1.34. The number of aryl methyl sites for hydroxylation is 1. The Morgan fingerprint density at radius 2 is 2.25 bits per heavy atom. The van der Waals surface area contributed by atoms with Crippen molar-refractivity contribution in [1.82, 2.24) is 0 Å². The van der Waals surface area contributed by atoms with Crippen molar-refractivity contribution in [2.45, 2.75) is 6.92 Å². The molecule has 0 saturated heterocycles. The quantitative estimate of drug-likeness (QED) is 0.625. The largest absolute Gasteiger partial charge is 0.507 e. The molecule has 1 aromatic rings. The molecule has 0 aliphatic rings. The van der Waals surface area contributed by atoms with Crippen LogP contribution in [0.25, 0.3) is 0 Å². The summed E-state index contributed by atoms with van der Waals surface area (Å²) in [5.74, 6) is -0.223. The molecule has 4 nitrogen and oxygen atoms in total. The molecule has 0 unspecified atom stereocenters. The topological polar surface area (TPSA) is 55.8 Å². The van der Waals surface area contributed by atoms with Crippen LogP contribution in [0.4, 0.5) is 0 Å². The Hall–Kier alpha value is -1.97. The number of ether oxygens (including phenoxy) is 2. The van der Waals surface area contributed by atoms with E-state index in [4.69, 9.17) is 4.74 Å². The van der Waals surface area contributed by atoms with Gasteiger partial charge in [0.15, 0.2) is 0 Å². The van der Waals surface area contributed by atoms with E-state index in [1.807, 2.05) is 0 Å². The molecule has 1 rings (SSSR count). The van der Waals surface area contributed by atoms with Crippen molar-refractivity contribution >= 4 is 5.97 Å². The molecule has 0 atom stereocenters. The maximum absolute atomic E-state index is 11.3. The minimum atomic E-state index is -0.565. The summed E-state index contributed by atoms with van der Waals surface area (Å²) < 4.78 is 9.82. The second-order valence-corrected chi connectivity index (χ2v) is 3.23. The Bertz CT molecular complexity index is 386. The zero-order valence-corrected chi connectivity index (χ0v) is 9.32. The van der Waals surface area contributed by atoms with Crippen molar-refractivity contribution in [3.05, 3.63) is 35.9 Å². The number of rotatable bonds is 4. The Balaban J connectivity index is 3.07. The van der Waals surface area contributed by atoms with E-state index < -0.39 is 5.97 Å². The highest BCUT2D eigenvalue weighted by Gasteiger charge is 2.16. The van der Waals surface area contributed by atoms with Crippen molar-refractivity contribution in [3.63, 3.8) is 0 Å². The van der Waals surface area contributed by atoms with Crippen LogP contribution < -0.4 is 4.74 Å². The first kappa shape index (κ1) is 12.1. The van der Waals surface area contributed by atoms with Crippen LogP contribution in [-0.2, 0) is 4.74 Å². The van der Waals surface area contributed by atoms with E-state index in [2.05, 4.69) is 11.3 Å². The average Bonchev–Trinajstić information content (AvgIpc) is 2.25. The van der Waals surface area contributed by atoms with Gasteiger partial charge in [-0.2, -0.15) is 0 Å². The molecular weight excluding hydrogens is 208 g/mol. The summed E-state index contributed by atoms with van der Waals surface area (Å²) in [6, 6.07) is 3.04. The standard InChI is InChI=1S/C12H14O4/c1-4-5-16-9-6-8(2)11(10(13)7-9)12(14)15-3/h4,6-7,13H,1,5H2,2-3H3. The van der Waals surface area contributed by atoms with Crippen molar-refractivity contribution < 1.29 is 19.4 Å². The Kier molecular flexibility index (Phi) is 3.94. The zero-order chi connectivity index (χ0) is 12.1. The number of carbonyl (C=O) groups excluding carboxylic acids is 1. The monoisotopic (exact) mass is 222 g/mol. The fraction of sp³-hybridized carbons (Fsp3) is 0.250. The Morgan fingerprint density at radius 1 is 1.56 bits per heavy atom. The van der Waals surface area contributed by atoms with Crippen molar-refractivity contribution in [2.75, 3.05) is 13.7 Å². The highest BCUT2D eigenvalue weighted by molar-refractivity contribution is 5.94. The molecule has 16 heavy (non-hydrogen) atoms. The van der Waals surface area contributed by atoms with Crippen molar-refractivity contribution in [1.29, 1.82) is 0 Å². The van der Waals surface area contributed by atoms with Crippen LogP contribution in [0, 0.1) is 6.92 Å². The van der Waals surface area contributed by atoms with Gasteiger partial charge in [-0.25, -0.2) is 4.79 Å². The van der Waals surface area contributed by atoms with Gasteiger partial charge in [0.25, 0.3) is 0 Å². The number of benzene rings is 1. The van der Waals surface area contributed by atoms with E-state index in [-0.39, 0.29) is 11.3 Å². The molecule has 1 aromatic carbocycles. The van der Waals surface area contributed by atoms with Crippen molar-refractivity contribution in [2.24, 2.45) is 0 Å². The molecule has 0 bridgehead atoms. The van der Waals surface area contributed by atoms with Gasteiger partial charge in [0.2, 0.25) is 0 Å². The lowest BCUT2D eigenvalue weighted by atomic mass is 10.1. The molecule has 0 fully saturated rings. The summed E-state index contributed by atoms with van der Waals surface area (Å²) >= 11 is 0. The van der Waals surface area contributed by atoms with Crippen molar-refractivity contribution in [3.8, 4) is 11.5 Å². The van der Waals surface area contributed by atoms with Gasteiger partial charge >= 0.3 is 5.97 Å². The van der Waals surface area contributed by atoms with Crippen LogP contribution in [0.3, 0.4) is 0 Å². The average molecular weight is 222 g/mol. The molecular formula is C12H14O4. The molecule has 0 spiro atoms. The highest BCUT2D eigenvalue weighted by Crippen LogP contribution is 2.28. The van der Waals surface area contributed by atoms with Crippen LogP contribution in [0.1, 0.15) is 15.9 Å². The lowest BCUT2D eigenvalue weighted by Gasteiger charge is -2.09. The third-order valence-corrected chi connectivity index (χ3v) is 2.05. The first-order valence-electron chi connectivity index (χ1n) is 4.75. The summed E-state index contributed by atoms with van der Waals surface area (Å²) in [5.41, 5.74) is 0.763. The molecule has 86 valence electrons. The molecule has 0 heterocycles. The zero-order valence-electron chi connectivity index (χ0n) is 9.32. The number of carbonyl (C=O) groups is 1. The summed E-state index contributed by atoms with van der Waals surface area (Å²) in [6.45, 7) is 5.56. The van der Waals surface area contributed by atoms with Crippen LogP contribution in [0.2, 0.25) is 0 Å². The van der Waals surface area contributed by atoms with Crippen LogP contribution in [0.5, 0.6) is 11.5 Å². The van der Waals surface area contributed by atoms with E-state index in [1.165, 1.54) is 13.2 Å². The van der Waals surface area contributed by atoms with E-state index >= 15 is 0 Å². The molecule has 1 N–H and O–H groups in total. The minimum Gasteiger partial charge on any atom is -0.507 e. The Labute approximate surface area is 94.1 Å². The smallest absolute Gasteiger partial charge is 0.341 e. The number of hydrogen-bond donors (Lipinski definition) is 1. The van der Waals surface area contributed by atoms with Crippen LogP contribution >= 0.6 is 0 Å². The molecule has 0 radical (unpaired) electrons. The van der Waals surface area contributed by atoms with Gasteiger partial charge in [-0.05, 0) is 18.6 Å². The van der Waals surface area contributed by atoms with Gasteiger partial charge in [0, 0.05) is 6.07 Å². The molecule has 0 amide bonds. The van der Waals surface area contributed by atoms with Gasteiger partial charge in [0.05, 0.1) is 7.11 Å². The highest BCUT2D eigenvalue weighted by atomic mass is 16.5. The summed E-state index contributed by atoms with van der Waals surface area (Å²) in [7, 11) is 1.27. The van der Waals surface area contributed by atoms with Gasteiger partial charge in [-0.3, -0.25) is 0 Å². The van der Waals surface area contributed by atoms with Crippen LogP contribution in [0.15, 0.2) is 24.8 Å². The molecule has 0 aliphatic carbocycles. The first-order valence-corrected chi connectivity index (χ1v) is 4.75. The maximum Gasteiger partial charge on any atom is 0.341 e. The van der Waals surface area contributed by atoms with Gasteiger partial charge < -0.3 is 14.6 Å². The second kappa shape index (κ2) is 5.21. The summed E-state index contributed by atoms with van der Waals surface area (Å²) in [4.78, 5) is 11.3. The van der Waals surface area contributed by atoms with Gasteiger partial charge in [-0.15, -0.1) is 0 Å². The van der Waals surface area contributed by atoms with Gasteiger partial charge in [-0.1, -0.05) is 12.7 Å². The minimum absolute atomic E-state index is 0.147. The molecule has 0 aliphatic heterocycles. The number of esters is 1. The molecule has 0 aromatic heterocycles. The first-order chi connectivity index (χ1) is 7.60. The van der Waals surface area contributed by atoms with E-state index in [1.54, 1.807) is 19.1 Å². The predicted molar refractivity (Wildman–Crippen MR) is 59.9 cm³/mol. The van der Waals surface area contributed by atoms with E-state index in [0.717, 1.165) is 0 Å². The van der Waals surface area contributed by atoms with Crippen LogP contribution in [-0.4, -0.2) is 24.8 Å². The normalized spacial score (nSPS) is 9.62. The third kappa shape index (κ3) is 2.53. The molecule has 0 saturated carbocycles. The third-order valence-electron chi connectivity index (χ3n) is 2.05.